The zero-order valence-corrected chi connectivity index (χ0v) is 16.4. The molecular formula is C20H20Cl2N4O. The Morgan fingerprint density at radius 3 is 2.89 bits per heavy atom. The van der Waals surface area contributed by atoms with Gasteiger partial charge < -0.3 is 15.6 Å². The van der Waals surface area contributed by atoms with Crippen molar-refractivity contribution in [2.75, 3.05) is 25.5 Å². The summed E-state index contributed by atoms with van der Waals surface area (Å²) < 4.78 is 0. The molecule has 0 aliphatic carbocycles. The number of amides is 1. The van der Waals surface area contributed by atoms with Crippen LogP contribution < -0.4 is 16.2 Å². The van der Waals surface area contributed by atoms with E-state index in [0.29, 0.717) is 22.2 Å². The fourth-order valence-corrected chi connectivity index (χ4v) is 4.23. The van der Waals surface area contributed by atoms with Crippen LogP contribution in [0.25, 0.3) is 0 Å². The second-order valence-electron chi connectivity index (χ2n) is 6.95. The molecule has 1 unspecified atom stereocenters. The van der Waals surface area contributed by atoms with E-state index in [9.17, 15) is 4.79 Å². The summed E-state index contributed by atoms with van der Waals surface area (Å²) in [6, 6.07) is 11.8. The van der Waals surface area contributed by atoms with Gasteiger partial charge in [0.25, 0.3) is 5.91 Å². The summed E-state index contributed by atoms with van der Waals surface area (Å²) in [7, 11) is 2.08. The quantitative estimate of drug-likeness (QED) is 0.735. The number of carbonyl (C=O) groups is 1. The van der Waals surface area contributed by atoms with Crippen LogP contribution in [0.5, 0.6) is 0 Å². The Morgan fingerprint density at radius 1 is 1.26 bits per heavy atom. The van der Waals surface area contributed by atoms with Gasteiger partial charge in [-0.05, 0) is 48.0 Å². The molecule has 7 heteroatoms. The topological polar surface area (TPSA) is 56.4 Å². The highest BCUT2D eigenvalue weighted by molar-refractivity contribution is 6.35. The second kappa shape index (κ2) is 7.52. The van der Waals surface area contributed by atoms with E-state index < -0.39 is 0 Å². The molecule has 5 nitrogen and oxygen atoms in total. The summed E-state index contributed by atoms with van der Waals surface area (Å²) in [4.78, 5) is 14.6. The van der Waals surface area contributed by atoms with Gasteiger partial charge in [-0.15, -0.1) is 0 Å². The van der Waals surface area contributed by atoms with Crippen molar-refractivity contribution in [3.63, 3.8) is 0 Å². The number of hydrogen-bond donors (Lipinski definition) is 3. The van der Waals surface area contributed by atoms with E-state index in [1.165, 1.54) is 0 Å². The molecule has 0 spiro atoms. The molecule has 2 aliphatic heterocycles. The van der Waals surface area contributed by atoms with Gasteiger partial charge in [0.05, 0.1) is 0 Å². The van der Waals surface area contributed by atoms with Crippen LogP contribution in [-0.4, -0.2) is 30.9 Å². The first-order chi connectivity index (χ1) is 13.0. The van der Waals surface area contributed by atoms with E-state index in [1.54, 1.807) is 12.3 Å². The van der Waals surface area contributed by atoms with Gasteiger partial charge in [0, 0.05) is 53.1 Å². The fourth-order valence-electron chi connectivity index (χ4n) is 3.66. The number of rotatable bonds is 3. The molecule has 0 radical (unpaired) electrons. The van der Waals surface area contributed by atoms with E-state index in [2.05, 4.69) is 34.2 Å². The van der Waals surface area contributed by atoms with Gasteiger partial charge in [-0.1, -0.05) is 35.3 Å². The van der Waals surface area contributed by atoms with Gasteiger partial charge in [0.1, 0.15) is 0 Å². The van der Waals surface area contributed by atoms with Crippen LogP contribution in [0, 0.1) is 0 Å². The van der Waals surface area contributed by atoms with Crippen molar-refractivity contribution in [1.29, 1.82) is 0 Å². The Kier molecular flexibility index (Phi) is 5.10. The minimum Gasteiger partial charge on any atom is -0.328 e. The van der Waals surface area contributed by atoms with Crippen molar-refractivity contribution in [3.8, 4) is 0 Å². The van der Waals surface area contributed by atoms with Crippen LogP contribution >= 0.6 is 23.2 Å². The van der Waals surface area contributed by atoms with Crippen molar-refractivity contribution < 1.29 is 4.79 Å². The Labute approximate surface area is 168 Å². The summed E-state index contributed by atoms with van der Waals surface area (Å²) in [5.74, 6) is 0.0257. The third-order valence-corrected chi connectivity index (χ3v) is 5.51. The van der Waals surface area contributed by atoms with Gasteiger partial charge in [0.15, 0.2) is 0 Å². The average Bonchev–Trinajstić information content (AvgIpc) is 3.17. The summed E-state index contributed by atoms with van der Waals surface area (Å²) in [5, 5.41) is 4.31. The molecule has 0 bridgehead atoms. The van der Waals surface area contributed by atoms with E-state index in [0.717, 1.165) is 35.5 Å². The Hall–Kier alpha value is -2.05. The highest BCUT2D eigenvalue weighted by atomic mass is 35.5. The van der Waals surface area contributed by atoms with Crippen LogP contribution in [0.1, 0.15) is 22.6 Å². The van der Waals surface area contributed by atoms with E-state index in [4.69, 9.17) is 23.2 Å². The first kappa shape index (κ1) is 18.3. The number of hydrogen-bond acceptors (Lipinski definition) is 4. The lowest BCUT2D eigenvalue weighted by Gasteiger charge is -2.33. The van der Waals surface area contributed by atoms with Gasteiger partial charge in [0.2, 0.25) is 0 Å². The lowest BCUT2D eigenvalue weighted by atomic mass is 9.84. The first-order valence-corrected chi connectivity index (χ1v) is 9.52. The molecule has 140 valence electrons. The number of anilines is 1. The predicted octanol–water partition coefficient (Wildman–Crippen LogP) is 3.50. The fraction of sp³-hybridized carbons (Fsp3) is 0.250. The van der Waals surface area contributed by atoms with Crippen molar-refractivity contribution >= 4 is 34.8 Å². The maximum atomic E-state index is 12.3. The number of fused-ring (bicyclic) bond motifs is 1. The molecule has 2 aromatic carbocycles. The number of halogens is 2. The maximum Gasteiger partial charge on any atom is 0.254 e. The SMILES string of the molecule is CN1Cc2c(Cl)cc(Cl)cc2C(c2cccc(NC(=O)C3=CNNC3)c2)C1. The monoisotopic (exact) mass is 402 g/mol. The molecular weight excluding hydrogens is 383 g/mol. The van der Waals surface area contributed by atoms with Crippen LogP contribution in [-0.2, 0) is 11.3 Å². The first-order valence-electron chi connectivity index (χ1n) is 8.76. The van der Waals surface area contributed by atoms with Crippen molar-refractivity contribution in [2.45, 2.75) is 12.5 Å². The zero-order valence-electron chi connectivity index (χ0n) is 14.9. The highest BCUT2D eigenvalue weighted by Gasteiger charge is 2.27. The number of likely N-dealkylation sites (N-methyl/N-ethyl adjacent to an activating group) is 1. The third-order valence-electron chi connectivity index (χ3n) is 4.96. The number of hydrazine groups is 1. The maximum absolute atomic E-state index is 12.3. The molecule has 0 fully saturated rings. The molecule has 1 atom stereocenters. The van der Waals surface area contributed by atoms with Crippen molar-refractivity contribution in [3.05, 3.63) is 74.9 Å². The summed E-state index contributed by atoms with van der Waals surface area (Å²) >= 11 is 12.7. The molecule has 2 heterocycles. The average molecular weight is 403 g/mol. The zero-order chi connectivity index (χ0) is 19.0. The molecule has 4 rings (SSSR count). The Morgan fingerprint density at radius 2 is 2.11 bits per heavy atom. The van der Waals surface area contributed by atoms with Crippen molar-refractivity contribution in [2.24, 2.45) is 0 Å². The van der Waals surface area contributed by atoms with Crippen LogP contribution in [0.4, 0.5) is 5.69 Å². The smallest absolute Gasteiger partial charge is 0.254 e. The summed E-state index contributed by atoms with van der Waals surface area (Å²) in [6.45, 7) is 2.16. The molecule has 0 saturated carbocycles. The van der Waals surface area contributed by atoms with Crippen LogP contribution in [0.3, 0.4) is 0 Å². The Bertz CT molecular complexity index is 928. The molecule has 2 aliphatic rings. The van der Waals surface area contributed by atoms with Crippen LogP contribution in [0.15, 0.2) is 48.2 Å². The predicted molar refractivity (Wildman–Crippen MR) is 109 cm³/mol. The van der Waals surface area contributed by atoms with Crippen molar-refractivity contribution in [1.82, 2.24) is 15.8 Å². The standard InChI is InChI=1S/C20H20Cl2N4O/c1-26-10-17(16-6-14(21)7-19(22)18(16)11-26)12-3-2-4-15(5-12)25-20(27)13-8-23-24-9-13/h2-8,17,23-24H,9-11H2,1H3,(H,25,27). The molecule has 0 aromatic heterocycles. The van der Waals surface area contributed by atoms with E-state index in [-0.39, 0.29) is 11.8 Å². The van der Waals surface area contributed by atoms with Crippen LogP contribution in [0.2, 0.25) is 10.0 Å². The Balaban J connectivity index is 1.65. The number of nitrogens with zero attached hydrogens (tertiary/aromatic N) is 1. The molecule has 0 saturated heterocycles. The molecule has 27 heavy (non-hydrogen) atoms. The normalized spacial score (nSPS) is 19.2. The lowest BCUT2D eigenvalue weighted by Crippen LogP contribution is -2.31. The lowest BCUT2D eigenvalue weighted by molar-refractivity contribution is -0.112. The summed E-state index contributed by atoms with van der Waals surface area (Å²) in [5.41, 5.74) is 10.5. The number of carbonyl (C=O) groups excluding carboxylic acids is 1. The van der Waals surface area contributed by atoms with Gasteiger partial charge >= 0.3 is 0 Å². The van der Waals surface area contributed by atoms with Gasteiger partial charge in [-0.25, -0.2) is 5.43 Å². The van der Waals surface area contributed by atoms with Gasteiger partial charge in [-0.2, -0.15) is 0 Å². The molecule has 1 amide bonds. The van der Waals surface area contributed by atoms with E-state index in [1.807, 2.05) is 24.3 Å². The van der Waals surface area contributed by atoms with E-state index >= 15 is 0 Å². The number of nitrogens with one attached hydrogen (secondary N) is 3. The third kappa shape index (κ3) is 3.82. The minimum atomic E-state index is -0.114. The molecule has 2 aromatic rings. The number of benzene rings is 2. The molecule has 3 N–H and O–H groups in total. The largest absolute Gasteiger partial charge is 0.328 e. The summed E-state index contributed by atoms with van der Waals surface area (Å²) in [6.07, 6.45) is 1.68. The minimum absolute atomic E-state index is 0.114. The van der Waals surface area contributed by atoms with Gasteiger partial charge in [-0.3, -0.25) is 4.79 Å². The highest BCUT2D eigenvalue weighted by Crippen LogP contribution is 2.38. The second-order valence-corrected chi connectivity index (χ2v) is 7.80.